The Bertz CT molecular complexity index is 2260. The zero-order chi connectivity index (χ0) is 35.9. The predicted octanol–water partition coefficient (Wildman–Crippen LogP) is 3.15. The number of amides is 3. The van der Waals surface area contributed by atoms with Gasteiger partial charge in [-0.25, -0.2) is 19.0 Å². The molecule has 1 aromatic heterocycles. The number of para-hydroxylation sites is 1. The average molecular weight is 742 g/mol. The molecule has 6 rings (SSSR count). The minimum atomic E-state index is -1.38. The molecule has 1 unspecified atom stereocenters. The number of aromatic nitrogens is 1. The number of ether oxygens (including phenoxy) is 2. The number of thioether (sulfide) groups is 1. The van der Waals surface area contributed by atoms with Gasteiger partial charge < -0.3 is 29.6 Å². The number of fused-ring (bicyclic) bond motifs is 2. The topological polar surface area (TPSA) is 204 Å². The van der Waals surface area contributed by atoms with Gasteiger partial charge in [0.25, 0.3) is 17.4 Å². The van der Waals surface area contributed by atoms with E-state index in [0.717, 1.165) is 18.1 Å². The number of methoxy groups -OCH3 is 1. The molecule has 0 bridgehead atoms. The van der Waals surface area contributed by atoms with E-state index in [1.165, 1.54) is 42.1 Å². The minimum Gasteiger partial charge on any atom is -0.477 e. The summed E-state index contributed by atoms with van der Waals surface area (Å²) in [6.07, 6.45) is -1.11. The highest BCUT2D eigenvalue weighted by Crippen LogP contribution is 2.41. The van der Waals surface area contributed by atoms with E-state index >= 15 is 0 Å². The second kappa shape index (κ2) is 13.7. The van der Waals surface area contributed by atoms with Gasteiger partial charge in [0, 0.05) is 11.3 Å². The molecule has 2 aliphatic heterocycles. The van der Waals surface area contributed by atoms with Gasteiger partial charge in [-0.05, 0) is 35.9 Å². The third kappa shape index (κ3) is 6.19. The summed E-state index contributed by atoms with van der Waals surface area (Å²) in [6.45, 7) is 0. The van der Waals surface area contributed by atoms with Crippen LogP contribution in [0.3, 0.4) is 0 Å². The molecule has 256 valence electrons. The van der Waals surface area contributed by atoms with Gasteiger partial charge in [0.15, 0.2) is 11.3 Å². The third-order valence-corrected chi connectivity index (χ3v) is 9.76. The van der Waals surface area contributed by atoms with Gasteiger partial charge in [-0.1, -0.05) is 59.6 Å². The predicted molar refractivity (Wildman–Crippen MR) is 178 cm³/mol. The first kappa shape index (κ1) is 34.3. The Hall–Kier alpha value is -5.58. The van der Waals surface area contributed by atoms with Crippen LogP contribution in [0.5, 0.6) is 5.75 Å². The highest BCUT2D eigenvalue weighted by atomic mass is 35.5. The van der Waals surface area contributed by atoms with Crippen molar-refractivity contribution in [2.24, 2.45) is 0 Å². The molecule has 3 atom stereocenters. The molecule has 15 nitrogen and oxygen atoms in total. The van der Waals surface area contributed by atoms with Crippen LogP contribution in [0, 0.1) is 0 Å². The molecule has 0 spiro atoms. The van der Waals surface area contributed by atoms with Gasteiger partial charge in [-0.3, -0.25) is 24.1 Å². The van der Waals surface area contributed by atoms with Gasteiger partial charge >= 0.3 is 17.9 Å². The van der Waals surface area contributed by atoms with Crippen LogP contribution in [0.4, 0.5) is 4.79 Å². The van der Waals surface area contributed by atoms with E-state index in [9.17, 15) is 38.7 Å². The van der Waals surface area contributed by atoms with Gasteiger partial charge in [-0.15, -0.1) is 11.8 Å². The Balaban J connectivity index is 1.29. The van der Waals surface area contributed by atoms with Gasteiger partial charge in [-0.2, -0.15) is 0 Å². The second-order valence-corrected chi connectivity index (χ2v) is 12.6. The number of halogens is 2. The standard InChI is InChI=1S/C32H22Cl2N4O11S/c1-47-32(46)48-20-9-5-8-16-24(20)49-31(45)37(27(16)41)19-12-15(10-11-17(19)33)25(39)35-21(14-6-3-2-4-7-14)26(40)36-22-28(42)38-23(30(43)44)18(34)13-50-29(22)38/h2-12,21-22,29H,13H2,1H3,(H,35,39)(H,36,40)(H,43,44)/t21-,22-,29?/m1/s1. The average Bonchev–Trinajstić information content (AvgIpc) is 3.10. The molecule has 18 heteroatoms. The molecule has 2 aliphatic rings. The van der Waals surface area contributed by atoms with Crippen molar-refractivity contribution in [2.45, 2.75) is 17.5 Å². The van der Waals surface area contributed by atoms with E-state index in [1.54, 1.807) is 30.3 Å². The lowest BCUT2D eigenvalue weighted by atomic mass is 10.0. The number of nitrogens with zero attached hydrogens (tertiary/aromatic N) is 2. The van der Waals surface area contributed by atoms with E-state index in [1.807, 2.05) is 0 Å². The molecule has 3 N–H and O–H groups in total. The summed E-state index contributed by atoms with van der Waals surface area (Å²) in [6, 6.07) is 13.3. The Morgan fingerprint density at radius 3 is 2.46 bits per heavy atom. The fourth-order valence-electron chi connectivity index (χ4n) is 5.35. The molecule has 0 aliphatic carbocycles. The van der Waals surface area contributed by atoms with Crippen molar-refractivity contribution in [3.8, 4) is 11.4 Å². The maximum Gasteiger partial charge on any atom is 0.513 e. The lowest BCUT2D eigenvalue weighted by Crippen LogP contribution is -2.71. The van der Waals surface area contributed by atoms with Crippen LogP contribution in [-0.2, 0) is 19.1 Å². The molecule has 50 heavy (non-hydrogen) atoms. The van der Waals surface area contributed by atoms with Crippen LogP contribution in [0.1, 0.15) is 22.0 Å². The van der Waals surface area contributed by atoms with E-state index in [0.29, 0.717) is 10.1 Å². The van der Waals surface area contributed by atoms with E-state index < -0.39 is 58.6 Å². The quantitative estimate of drug-likeness (QED) is 0.135. The van der Waals surface area contributed by atoms with Crippen LogP contribution in [0.25, 0.3) is 16.7 Å². The molecule has 3 heterocycles. The van der Waals surface area contributed by atoms with Gasteiger partial charge in [0.2, 0.25) is 5.91 Å². The summed E-state index contributed by atoms with van der Waals surface area (Å²) in [5.41, 5.74) is -1.59. The van der Waals surface area contributed by atoms with Crippen molar-refractivity contribution in [2.75, 3.05) is 12.9 Å². The number of hydrogen-bond acceptors (Lipinski definition) is 11. The first-order valence-electron chi connectivity index (χ1n) is 14.4. The number of carboxylic acid groups (broad SMARTS) is 1. The maximum atomic E-state index is 13.7. The second-order valence-electron chi connectivity index (χ2n) is 10.6. The zero-order valence-electron chi connectivity index (χ0n) is 25.4. The number of carbonyl (C=O) groups is 5. The molecule has 4 aromatic rings. The van der Waals surface area contributed by atoms with Crippen molar-refractivity contribution in [3.05, 3.63) is 115 Å². The van der Waals surface area contributed by atoms with E-state index in [2.05, 4.69) is 15.4 Å². The molecule has 0 radical (unpaired) electrons. The monoisotopic (exact) mass is 740 g/mol. The number of hydrogen-bond donors (Lipinski definition) is 3. The summed E-state index contributed by atoms with van der Waals surface area (Å²) >= 11 is 13.6. The number of aliphatic carboxylic acids is 1. The number of β-lactam (4-membered cyclic amide) rings is 1. The SMILES string of the molecule is COC(=O)Oc1cccc2c(=O)n(-c3cc(C(=O)N[C@@H](C(=O)N[C@@H]4C(=O)N5C(C(=O)O)=C(Cl)CSC45)c4ccccc4)ccc3Cl)c(=O)oc12. The van der Waals surface area contributed by atoms with Crippen molar-refractivity contribution in [1.82, 2.24) is 20.1 Å². The number of carboxylic acids is 1. The molecule has 3 aromatic carbocycles. The Labute approximate surface area is 294 Å². The number of benzene rings is 3. The smallest absolute Gasteiger partial charge is 0.477 e. The highest BCUT2D eigenvalue weighted by molar-refractivity contribution is 8.00. The summed E-state index contributed by atoms with van der Waals surface area (Å²) < 4.78 is 15.4. The summed E-state index contributed by atoms with van der Waals surface area (Å²) in [5.74, 6) is -5.01. The third-order valence-electron chi connectivity index (χ3n) is 7.69. The van der Waals surface area contributed by atoms with Crippen LogP contribution < -0.4 is 26.7 Å². The molecule has 1 saturated heterocycles. The van der Waals surface area contributed by atoms with E-state index in [-0.39, 0.29) is 49.5 Å². The van der Waals surface area contributed by atoms with Crippen LogP contribution in [0.15, 0.2) is 91.5 Å². The van der Waals surface area contributed by atoms with Gasteiger partial charge in [0.05, 0.1) is 28.2 Å². The van der Waals surface area contributed by atoms with Gasteiger partial charge in [0.1, 0.15) is 23.2 Å². The van der Waals surface area contributed by atoms with Crippen molar-refractivity contribution in [1.29, 1.82) is 0 Å². The summed E-state index contributed by atoms with van der Waals surface area (Å²) in [5, 5.41) is 13.8. The maximum absolute atomic E-state index is 13.7. The first-order chi connectivity index (χ1) is 23.9. The van der Waals surface area contributed by atoms with Crippen LogP contribution in [0.2, 0.25) is 5.02 Å². The van der Waals surface area contributed by atoms with Crippen LogP contribution in [-0.4, -0.2) is 68.7 Å². The molecule has 0 saturated carbocycles. The lowest BCUT2D eigenvalue weighted by Gasteiger charge is -2.49. The molecule has 3 amide bonds. The zero-order valence-corrected chi connectivity index (χ0v) is 27.7. The fourth-order valence-corrected chi connectivity index (χ4v) is 7.10. The summed E-state index contributed by atoms with van der Waals surface area (Å²) in [7, 11) is 1.07. The Kier molecular flexibility index (Phi) is 9.42. The van der Waals surface area contributed by atoms with E-state index in [4.69, 9.17) is 32.4 Å². The molecule has 1 fully saturated rings. The number of carbonyl (C=O) groups excluding carboxylic acids is 4. The largest absolute Gasteiger partial charge is 0.513 e. The summed E-state index contributed by atoms with van der Waals surface area (Å²) in [4.78, 5) is 91.3. The Morgan fingerprint density at radius 1 is 1.02 bits per heavy atom. The first-order valence-corrected chi connectivity index (χ1v) is 16.2. The molecular formula is C32H22Cl2N4O11S. The molecular weight excluding hydrogens is 719 g/mol. The van der Waals surface area contributed by atoms with Crippen LogP contribution >= 0.6 is 35.0 Å². The number of rotatable bonds is 8. The minimum absolute atomic E-state index is 0.00491. The van der Waals surface area contributed by atoms with Crippen molar-refractivity contribution in [3.63, 3.8) is 0 Å². The van der Waals surface area contributed by atoms with Crippen molar-refractivity contribution < 1.29 is 43.0 Å². The number of nitrogens with one attached hydrogen (secondary N) is 2. The fraction of sp³-hybridized carbons (Fsp3) is 0.156. The highest BCUT2D eigenvalue weighted by Gasteiger charge is 2.54. The van der Waals surface area contributed by atoms with Crippen molar-refractivity contribution >= 4 is 75.8 Å². The lowest BCUT2D eigenvalue weighted by molar-refractivity contribution is -0.150. The normalized spacial score (nSPS) is 17.3. The Morgan fingerprint density at radius 2 is 1.76 bits per heavy atom.